The molecule has 0 bridgehead atoms. The molecule has 0 aromatic heterocycles. The van der Waals surface area contributed by atoms with E-state index in [9.17, 15) is 36.1 Å². The first-order valence-corrected chi connectivity index (χ1v) is 25.7. The zero-order chi connectivity index (χ0) is 44.9. The average Bonchev–Trinajstić information content (AvgIpc) is 3.55. The summed E-state index contributed by atoms with van der Waals surface area (Å²) in [7, 11) is -1.38. The molecule has 7 unspecified atom stereocenters. The van der Waals surface area contributed by atoms with Crippen molar-refractivity contribution in [3.8, 4) is 5.75 Å². The van der Waals surface area contributed by atoms with E-state index in [0.717, 1.165) is 116 Å². The topological polar surface area (TPSA) is 63.6 Å². The van der Waals surface area contributed by atoms with Crippen LogP contribution in [0, 0.1) is 23.2 Å². The van der Waals surface area contributed by atoms with Gasteiger partial charge in [-0.1, -0.05) is 107 Å². The highest BCUT2D eigenvalue weighted by Crippen LogP contribution is 2.63. The Labute approximate surface area is 373 Å². The normalized spacial score (nSPS) is 24.6. The number of rotatable bonds is 29. The Balaban J connectivity index is 1.14. The number of hydrogen-bond acceptors (Lipinski definition) is 4. The summed E-state index contributed by atoms with van der Waals surface area (Å²) in [5.74, 6) is -2.29. The van der Waals surface area contributed by atoms with Gasteiger partial charge in [-0.15, -0.1) is 0 Å². The molecule has 0 amide bonds. The average molecular weight is 893 g/mol. The number of alkyl halides is 5. The molecule has 3 aliphatic rings. The molecule has 2 saturated carbocycles. The van der Waals surface area contributed by atoms with Gasteiger partial charge >= 0.3 is 18.1 Å². The number of phenols is 1. The Hall–Kier alpha value is -2.75. The molecule has 0 spiro atoms. The van der Waals surface area contributed by atoms with Crippen LogP contribution < -0.4 is 0 Å². The predicted octanol–water partition coefficient (Wildman–Crippen LogP) is 15.4. The van der Waals surface area contributed by atoms with Gasteiger partial charge in [0.15, 0.2) is 0 Å². The van der Waals surface area contributed by atoms with Crippen molar-refractivity contribution in [3.63, 3.8) is 0 Å². The van der Waals surface area contributed by atoms with Crippen molar-refractivity contribution in [2.75, 3.05) is 11.5 Å². The number of esters is 1. The minimum atomic E-state index is -5.56. The number of carbonyl (C=O) groups is 1. The lowest BCUT2D eigenvalue weighted by Gasteiger charge is -2.53. The van der Waals surface area contributed by atoms with Crippen molar-refractivity contribution < 1.29 is 40.8 Å². The molecule has 7 atom stereocenters. The van der Waals surface area contributed by atoms with Crippen LogP contribution in [0.25, 0.3) is 0 Å². The second-order valence-electron chi connectivity index (χ2n) is 18.6. The number of fused-ring (bicyclic) bond motifs is 5. The van der Waals surface area contributed by atoms with Crippen molar-refractivity contribution in [2.45, 2.75) is 198 Å². The minimum absolute atomic E-state index is 0.0332. The van der Waals surface area contributed by atoms with E-state index in [1.807, 2.05) is 12.1 Å². The van der Waals surface area contributed by atoms with Gasteiger partial charge in [-0.25, -0.2) is 0 Å². The lowest BCUT2D eigenvalue weighted by atomic mass is 9.52. The van der Waals surface area contributed by atoms with Gasteiger partial charge in [-0.3, -0.25) is 9.00 Å². The lowest BCUT2D eigenvalue weighted by molar-refractivity contribution is -0.284. The van der Waals surface area contributed by atoms with Crippen LogP contribution in [0.15, 0.2) is 66.8 Å². The highest BCUT2D eigenvalue weighted by molar-refractivity contribution is 7.84. The molecule has 1 aromatic rings. The molecule has 10 heteroatoms. The van der Waals surface area contributed by atoms with Crippen molar-refractivity contribution in [3.05, 3.63) is 77.9 Å². The zero-order valence-electron chi connectivity index (χ0n) is 37.8. The van der Waals surface area contributed by atoms with Gasteiger partial charge in [0.25, 0.3) is 0 Å². The Bertz CT molecular complexity index is 1620. The van der Waals surface area contributed by atoms with Crippen molar-refractivity contribution in [1.29, 1.82) is 0 Å². The second kappa shape index (κ2) is 26.9. The Morgan fingerprint density at radius 2 is 1.40 bits per heavy atom. The summed E-state index contributed by atoms with van der Waals surface area (Å²) < 4.78 is 81.7. The fraction of sp³-hybridized carbons (Fsp3) is 0.712. The molecule has 350 valence electrons. The van der Waals surface area contributed by atoms with Crippen molar-refractivity contribution >= 4 is 16.8 Å². The van der Waals surface area contributed by atoms with Crippen LogP contribution in [0.4, 0.5) is 22.0 Å². The zero-order valence-corrected chi connectivity index (χ0v) is 38.6. The van der Waals surface area contributed by atoms with Gasteiger partial charge in [0.2, 0.25) is 0 Å². The SMILES string of the molecule is CCC=CCCCCC=CCC=CCC=CCCCC(=O)OC1CCC2C3C(CCCCCCCCCS(=O)CCCC(F)(F)C(F)(F)F)Cc4cc(O)ccc4C3CCC12C. The van der Waals surface area contributed by atoms with Crippen LogP contribution in [-0.2, 0) is 26.8 Å². The second-order valence-corrected chi connectivity index (χ2v) is 20.3. The van der Waals surface area contributed by atoms with E-state index < -0.39 is 35.7 Å². The highest BCUT2D eigenvalue weighted by Gasteiger charge is 2.58. The van der Waals surface area contributed by atoms with E-state index in [4.69, 9.17) is 4.74 Å². The summed E-state index contributed by atoms with van der Waals surface area (Å²) in [6.45, 7) is 4.55. The molecule has 3 aliphatic carbocycles. The molecule has 0 saturated heterocycles. The third-order valence-corrected chi connectivity index (χ3v) is 15.5. The maximum absolute atomic E-state index is 13.2. The largest absolute Gasteiger partial charge is 0.508 e. The van der Waals surface area contributed by atoms with Gasteiger partial charge in [-0.05, 0) is 156 Å². The molecule has 62 heavy (non-hydrogen) atoms. The van der Waals surface area contributed by atoms with E-state index in [2.05, 4.69) is 68.5 Å². The summed E-state index contributed by atoms with van der Waals surface area (Å²) in [5.41, 5.74) is 2.64. The molecule has 4 rings (SSSR count). The van der Waals surface area contributed by atoms with Crippen LogP contribution >= 0.6 is 0 Å². The van der Waals surface area contributed by atoms with Crippen LogP contribution in [-0.4, -0.2) is 45.0 Å². The van der Waals surface area contributed by atoms with Gasteiger partial charge < -0.3 is 9.84 Å². The summed E-state index contributed by atoms with van der Waals surface area (Å²) in [5, 5.41) is 10.4. The molecule has 0 heterocycles. The molecule has 4 nitrogen and oxygen atoms in total. The highest BCUT2D eigenvalue weighted by atomic mass is 32.2. The van der Waals surface area contributed by atoms with E-state index >= 15 is 0 Å². The van der Waals surface area contributed by atoms with Gasteiger partial charge in [-0.2, -0.15) is 22.0 Å². The van der Waals surface area contributed by atoms with E-state index in [1.165, 1.54) is 30.4 Å². The number of aromatic hydroxyl groups is 1. The van der Waals surface area contributed by atoms with Crippen LogP contribution in [0.1, 0.15) is 185 Å². The monoisotopic (exact) mass is 893 g/mol. The molecule has 2 fully saturated rings. The van der Waals surface area contributed by atoms with Gasteiger partial charge in [0.05, 0.1) is 0 Å². The number of halogens is 5. The van der Waals surface area contributed by atoms with Crippen LogP contribution in [0.2, 0.25) is 0 Å². The first-order chi connectivity index (χ1) is 29.8. The van der Waals surface area contributed by atoms with E-state index in [1.54, 1.807) is 0 Å². The first-order valence-electron chi connectivity index (χ1n) is 24.2. The molecule has 0 radical (unpaired) electrons. The van der Waals surface area contributed by atoms with Gasteiger partial charge in [0, 0.05) is 40.6 Å². The summed E-state index contributed by atoms with van der Waals surface area (Å²) in [4.78, 5) is 13.2. The molecule has 1 aromatic carbocycles. The Kier molecular flexibility index (Phi) is 22.5. The van der Waals surface area contributed by atoms with E-state index in [0.29, 0.717) is 48.0 Å². The van der Waals surface area contributed by atoms with Crippen LogP contribution in [0.3, 0.4) is 0 Å². The number of phenolic OH excluding ortho intramolecular Hbond substituents is 1. The summed E-state index contributed by atoms with van der Waals surface area (Å²) in [6, 6.07) is 5.95. The first kappa shape index (κ1) is 51.9. The van der Waals surface area contributed by atoms with Crippen molar-refractivity contribution in [1.82, 2.24) is 0 Å². The smallest absolute Gasteiger partial charge is 0.453 e. The number of carbonyl (C=O) groups excluding carboxylic acids is 1. The molecule has 1 N–H and O–H groups in total. The fourth-order valence-electron chi connectivity index (χ4n) is 10.6. The third-order valence-electron chi connectivity index (χ3n) is 14.0. The third kappa shape index (κ3) is 16.7. The lowest BCUT2D eigenvalue weighted by Crippen LogP contribution is -2.48. The predicted molar refractivity (Wildman–Crippen MR) is 245 cm³/mol. The summed E-state index contributed by atoms with van der Waals surface area (Å²) in [6.07, 6.45) is 33.6. The molecular weight excluding hydrogens is 816 g/mol. The number of unbranched alkanes of at least 4 members (excludes halogenated alkanes) is 10. The number of allylic oxidation sites excluding steroid dienone is 8. The maximum Gasteiger partial charge on any atom is 0.453 e. The van der Waals surface area contributed by atoms with Crippen LogP contribution in [0.5, 0.6) is 5.75 Å². The fourth-order valence-corrected chi connectivity index (χ4v) is 11.8. The standard InChI is InChI=1S/C52H77F5O4S/c1-3-4-5-6-7-8-9-10-11-12-13-14-15-16-19-22-25-29-48(59)61-47-33-32-46-49-41(39-42-40-43(58)30-31-44(42)45(49)34-36-50(46,47)2)28-24-21-18-17-20-23-26-37-62(60)38-27-35-51(53,54)52(55,56)57/h4-5,10-11,13-14,16,19,30-31,40-41,45-47,49,58H,3,6-9,12,15,17-18,20-29,32-39H2,1-2H3. The summed E-state index contributed by atoms with van der Waals surface area (Å²) >= 11 is 0. The number of benzene rings is 1. The number of ether oxygens (including phenoxy) is 1. The minimum Gasteiger partial charge on any atom is -0.508 e. The van der Waals surface area contributed by atoms with Gasteiger partial charge in [0.1, 0.15) is 11.9 Å². The molecular formula is C52H77F5O4S. The Morgan fingerprint density at radius 1 is 0.790 bits per heavy atom. The van der Waals surface area contributed by atoms with E-state index in [-0.39, 0.29) is 23.2 Å². The van der Waals surface area contributed by atoms with Crippen molar-refractivity contribution in [2.24, 2.45) is 23.2 Å². The number of hydrogen-bond donors (Lipinski definition) is 1. The molecule has 0 aliphatic heterocycles. The quantitative estimate of drug-likeness (QED) is 0.0377. The Morgan fingerprint density at radius 3 is 2.08 bits per heavy atom. The maximum atomic E-state index is 13.2.